The normalized spacial score (nSPS) is 10.4. The first-order chi connectivity index (χ1) is 15.5. The van der Waals surface area contributed by atoms with Gasteiger partial charge in [0.1, 0.15) is 11.5 Å². The summed E-state index contributed by atoms with van der Waals surface area (Å²) in [6.07, 6.45) is 1.27. The van der Waals surface area contributed by atoms with Gasteiger partial charge in [-0.2, -0.15) is 5.10 Å². The van der Waals surface area contributed by atoms with Crippen LogP contribution in [0.25, 0.3) is 0 Å². The largest absolute Gasteiger partial charge is 0.497 e. The zero-order valence-electron chi connectivity index (χ0n) is 16.9. The number of carbonyl (C=O) groups excluding carboxylic acids is 3. The highest BCUT2D eigenvalue weighted by atomic mass is 79.9. The lowest BCUT2D eigenvalue weighted by molar-refractivity contribution is -0.136. The molecule has 2 amide bonds. The van der Waals surface area contributed by atoms with E-state index < -0.39 is 17.8 Å². The number of amides is 2. The molecule has 0 atom stereocenters. The van der Waals surface area contributed by atoms with Crippen molar-refractivity contribution in [1.82, 2.24) is 5.43 Å². The van der Waals surface area contributed by atoms with E-state index in [4.69, 9.17) is 9.47 Å². The Morgan fingerprint density at radius 2 is 1.66 bits per heavy atom. The van der Waals surface area contributed by atoms with E-state index in [1.165, 1.54) is 13.3 Å². The van der Waals surface area contributed by atoms with Gasteiger partial charge in [-0.25, -0.2) is 10.2 Å². The number of nitrogens with zero attached hydrogens (tertiary/aromatic N) is 1. The first kappa shape index (κ1) is 22.7. The Bertz CT molecular complexity index is 1150. The summed E-state index contributed by atoms with van der Waals surface area (Å²) in [5.74, 6) is -1.53. The SMILES string of the molecule is COc1ccc(NC(=O)C(=O)N/N=C/c2cc(Br)ccc2OC(=O)c2ccccc2)cc1. The standard InChI is InChI=1S/C23H18BrN3O5/c1-31-19-10-8-18(9-11-19)26-21(28)22(29)27-25-14-16-13-17(24)7-12-20(16)32-23(30)15-5-3-2-4-6-15/h2-14H,1H3,(H,26,28)(H,27,29)/b25-14+. The molecule has 0 fully saturated rings. The number of ether oxygens (including phenoxy) is 2. The molecule has 162 valence electrons. The molecule has 0 spiro atoms. The lowest BCUT2D eigenvalue weighted by Gasteiger charge is -2.08. The molecule has 0 heterocycles. The summed E-state index contributed by atoms with van der Waals surface area (Å²) < 4.78 is 11.2. The molecule has 0 aliphatic carbocycles. The molecule has 0 unspecified atom stereocenters. The van der Waals surface area contributed by atoms with Gasteiger partial charge in [-0.15, -0.1) is 0 Å². The first-order valence-corrected chi connectivity index (χ1v) is 10.1. The van der Waals surface area contributed by atoms with Gasteiger partial charge in [-0.1, -0.05) is 34.1 Å². The molecular formula is C23H18BrN3O5. The number of halogens is 1. The van der Waals surface area contributed by atoms with Crippen molar-refractivity contribution in [3.05, 3.63) is 88.4 Å². The van der Waals surface area contributed by atoms with Crippen molar-refractivity contribution in [1.29, 1.82) is 0 Å². The van der Waals surface area contributed by atoms with Gasteiger partial charge in [-0.05, 0) is 54.6 Å². The maximum atomic E-state index is 12.3. The van der Waals surface area contributed by atoms with Crippen LogP contribution >= 0.6 is 15.9 Å². The summed E-state index contributed by atoms with van der Waals surface area (Å²) in [6, 6.07) is 20.0. The average Bonchev–Trinajstić information content (AvgIpc) is 2.81. The maximum Gasteiger partial charge on any atom is 0.343 e. The molecule has 0 radical (unpaired) electrons. The Morgan fingerprint density at radius 1 is 0.938 bits per heavy atom. The summed E-state index contributed by atoms with van der Waals surface area (Å²) in [7, 11) is 1.53. The second kappa shape index (κ2) is 10.9. The minimum Gasteiger partial charge on any atom is -0.497 e. The second-order valence-corrected chi connectivity index (χ2v) is 7.24. The van der Waals surface area contributed by atoms with E-state index in [0.717, 1.165) is 0 Å². The van der Waals surface area contributed by atoms with Gasteiger partial charge < -0.3 is 14.8 Å². The van der Waals surface area contributed by atoms with Crippen molar-refractivity contribution in [2.45, 2.75) is 0 Å². The maximum absolute atomic E-state index is 12.3. The number of esters is 1. The molecule has 0 saturated carbocycles. The summed E-state index contributed by atoms with van der Waals surface area (Å²) in [5, 5.41) is 6.25. The fourth-order valence-electron chi connectivity index (χ4n) is 2.52. The van der Waals surface area contributed by atoms with Gasteiger partial charge in [0.05, 0.1) is 18.9 Å². The summed E-state index contributed by atoms with van der Waals surface area (Å²) >= 11 is 3.34. The predicted octanol–water partition coefficient (Wildman–Crippen LogP) is 3.77. The van der Waals surface area contributed by atoms with Crippen molar-refractivity contribution < 1.29 is 23.9 Å². The van der Waals surface area contributed by atoms with E-state index in [0.29, 0.717) is 27.0 Å². The number of hydrazone groups is 1. The predicted molar refractivity (Wildman–Crippen MR) is 123 cm³/mol. The molecule has 8 nitrogen and oxygen atoms in total. The fraction of sp³-hybridized carbons (Fsp3) is 0.0435. The molecule has 3 rings (SSSR count). The molecule has 0 bridgehead atoms. The number of hydrogen-bond donors (Lipinski definition) is 2. The Kier molecular flexibility index (Phi) is 7.71. The topological polar surface area (TPSA) is 106 Å². The van der Waals surface area contributed by atoms with Crippen LogP contribution in [-0.4, -0.2) is 31.1 Å². The third-order valence-electron chi connectivity index (χ3n) is 4.11. The third-order valence-corrected chi connectivity index (χ3v) is 4.60. The van der Waals surface area contributed by atoms with Crippen LogP contribution in [-0.2, 0) is 9.59 Å². The summed E-state index contributed by atoms with van der Waals surface area (Å²) in [4.78, 5) is 36.4. The number of carbonyl (C=O) groups is 3. The summed E-state index contributed by atoms with van der Waals surface area (Å²) in [5.41, 5.74) is 3.38. The van der Waals surface area contributed by atoms with Crippen molar-refractivity contribution >= 4 is 45.6 Å². The Labute approximate surface area is 192 Å². The quantitative estimate of drug-likeness (QED) is 0.178. The van der Waals surface area contributed by atoms with Crippen molar-refractivity contribution in [3.63, 3.8) is 0 Å². The highest BCUT2D eigenvalue weighted by Crippen LogP contribution is 2.23. The minimum atomic E-state index is -0.963. The van der Waals surface area contributed by atoms with Gasteiger partial charge in [0, 0.05) is 15.7 Å². The van der Waals surface area contributed by atoms with Gasteiger partial charge in [0.2, 0.25) is 0 Å². The molecule has 9 heteroatoms. The highest BCUT2D eigenvalue weighted by Gasteiger charge is 2.14. The molecule has 0 aromatic heterocycles. The van der Waals surface area contributed by atoms with Crippen molar-refractivity contribution in [3.8, 4) is 11.5 Å². The van der Waals surface area contributed by atoms with Crippen LogP contribution in [0.5, 0.6) is 11.5 Å². The lowest BCUT2D eigenvalue weighted by Crippen LogP contribution is -2.32. The van der Waals surface area contributed by atoms with Gasteiger partial charge in [0.15, 0.2) is 0 Å². The zero-order chi connectivity index (χ0) is 22.9. The van der Waals surface area contributed by atoms with Crippen LogP contribution in [0.3, 0.4) is 0 Å². The Morgan fingerprint density at radius 3 is 2.34 bits per heavy atom. The van der Waals surface area contributed by atoms with Crippen LogP contribution in [0.2, 0.25) is 0 Å². The smallest absolute Gasteiger partial charge is 0.343 e. The van der Waals surface area contributed by atoms with E-state index in [2.05, 4.69) is 31.8 Å². The molecular weight excluding hydrogens is 478 g/mol. The summed E-state index contributed by atoms with van der Waals surface area (Å²) in [6.45, 7) is 0. The molecule has 0 aliphatic heterocycles. The van der Waals surface area contributed by atoms with Gasteiger partial charge >= 0.3 is 17.8 Å². The molecule has 3 aromatic carbocycles. The minimum absolute atomic E-state index is 0.239. The fourth-order valence-corrected chi connectivity index (χ4v) is 2.90. The van der Waals surface area contributed by atoms with Crippen LogP contribution in [0.15, 0.2) is 82.4 Å². The first-order valence-electron chi connectivity index (χ1n) is 9.31. The number of anilines is 1. The van der Waals surface area contributed by atoms with Crippen LogP contribution in [0, 0.1) is 0 Å². The number of rotatable bonds is 6. The molecule has 0 saturated heterocycles. The zero-order valence-corrected chi connectivity index (χ0v) is 18.5. The van der Waals surface area contributed by atoms with E-state index >= 15 is 0 Å². The molecule has 3 aromatic rings. The number of benzene rings is 3. The van der Waals surface area contributed by atoms with Crippen LogP contribution in [0.4, 0.5) is 5.69 Å². The van der Waals surface area contributed by atoms with Gasteiger partial charge in [-0.3, -0.25) is 9.59 Å². The highest BCUT2D eigenvalue weighted by molar-refractivity contribution is 9.10. The van der Waals surface area contributed by atoms with Crippen molar-refractivity contribution in [2.24, 2.45) is 5.10 Å². The van der Waals surface area contributed by atoms with E-state index in [9.17, 15) is 14.4 Å². The number of hydrogen-bond acceptors (Lipinski definition) is 6. The van der Waals surface area contributed by atoms with Crippen LogP contribution in [0.1, 0.15) is 15.9 Å². The Hall–Kier alpha value is -3.98. The van der Waals surface area contributed by atoms with Gasteiger partial charge in [0.25, 0.3) is 0 Å². The molecule has 0 aliphatic rings. The Balaban J connectivity index is 1.63. The monoisotopic (exact) mass is 495 g/mol. The molecule has 2 N–H and O–H groups in total. The van der Waals surface area contributed by atoms with Crippen LogP contribution < -0.4 is 20.2 Å². The van der Waals surface area contributed by atoms with E-state index in [1.54, 1.807) is 72.8 Å². The molecule has 32 heavy (non-hydrogen) atoms. The number of nitrogens with one attached hydrogen (secondary N) is 2. The van der Waals surface area contributed by atoms with Crippen molar-refractivity contribution in [2.75, 3.05) is 12.4 Å². The second-order valence-electron chi connectivity index (χ2n) is 6.32. The number of methoxy groups -OCH3 is 1. The van der Waals surface area contributed by atoms with E-state index in [1.807, 2.05) is 0 Å². The lowest BCUT2D eigenvalue weighted by atomic mass is 10.2. The third kappa shape index (κ3) is 6.26. The van der Waals surface area contributed by atoms with E-state index in [-0.39, 0.29) is 5.75 Å². The average molecular weight is 496 g/mol.